The van der Waals surface area contributed by atoms with E-state index in [9.17, 15) is 0 Å². The summed E-state index contributed by atoms with van der Waals surface area (Å²) in [6.07, 6.45) is 20.0. The largest absolute Gasteiger partial charge is 0.331 e. The van der Waals surface area contributed by atoms with Gasteiger partial charge in [-0.2, -0.15) is 0 Å². The maximum Gasteiger partial charge on any atom is 0.282 e. The molecule has 0 saturated carbocycles. The zero-order valence-corrected chi connectivity index (χ0v) is 15.9. The van der Waals surface area contributed by atoms with Gasteiger partial charge in [0.2, 0.25) is 0 Å². The molecule has 0 aromatic heterocycles. The Kier molecular flexibility index (Phi) is 16.2. The van der Waals surface area contributed by atoms with Gasteiger partial charge in [0.1, 0.15) is 0 Å². The fraction of sp³-hybridized carbons (Fsp3) is 0.900. The van der Waals surface area contributed by atoms with Crippen LogP contribution in [0.15, 0.2) is 12.7 Å². The molecule has 0 aromatic carbocycles. The van der Waals surface area contributed by atoms with Gasteiger partial charge in [-0.15, -0.1) is 6.58 Å². The molecule has 0 unspecified atom stereocenters. The zero-order valence-electron chi connectivity index (χ0n) is 15.9. The van der Waals surface area contributed by atoms with Gasteiger partial charge in [-0.3, -0.25) is 0 Å². The molecule has 0 aromatic rings. The van der Waals surface area contributed by atoms with Gasteiger partial charge in [0.05, 0.1) is 0 Å². The van der Waals surface area contributed by atoms with Gasteiger partial charge in [-0.1, -0.05) is 70.3 Å². The summed E-state index contributed by atoms with van der Waals surface area (Å²) >= 11 is 0. The smallest absolute Gasteiger partial charge is 0.282 e. The highest BCUT2D eigenvalue weighted by Crippen LogP contribution is 2.21. The van der Waals surface area contributed by atoms with Crippen LogP contribution in [0.5, 0.6) is 0 Å². The molecule has 0 heterocycles. The van der Waals surface area contributed by atoms with Crippen molar-refractivity contribution >= 4 is 0 Å². The minimum atomic E-state index is -0.842. The highest BCUT2D eigenvalue weighted by molar-refractivity contribution is 4.65. The van der Waals surface area contributed by atoms with Crippen molar-refractivity contribution in [2.24, 2.45) is 0 Å². The van der Waals surface area contributed by atoms with E-state index < -0.39 is 5.97 Å². The Bertz CT molecular complexity index is 241. The van der Waals surface area contributed by atoms with Crippen molar-refractivity contribution in [2.45, 2.75) is 95.9 Å². The normalized spacial score (nSPS) is 11.8. The van der Waals surface area contributed by atoms with Gasteiger partial charge in [-0.25, -0.2) is 0 Å². The quantitative estimate of drug-likeness (QED) is 0.170. The molecular weight excluding hydrogens is 288 g/mol. The monoisotopic (exact) mass is 328 g/mol. The Morgan fingerprint density at radius 1 is 0.609 bits per heavy atom. The van der Waals surface area contributed by atoms with Crippen LogP contribution in [-0.2, 0) is 14.2 Å². The van der Waals surface area contributed by atoms with Crippen LogP contribution in [0.25, 0.3) is 0 Å². The first-order valence-corrected chi connectivity index (χ1v) is 9.51. The van der Waals surface area contributed by atoms with E-state index in [0.717, 1.165) is 12.8 Å². The van der Waals surface area contributed by atoms with E-state index in [-0.39, 0.29) is 0 Å². The second-order valence-corrected chi connectivity index (χ2v) is 6.37. The van der Waals surface area contributed by atoms with Crippen molar-refractivity contribution in [1.82, 2.24) is 0 Å². The van der Waals surface area contributed by atoms with Crippen molar-refractivity contribution in [3.05, 3.63) is 12.7 Å². The van der Waals surface area contributed by atoms with Crippen LogP contribution in [0.3, 0.4) is 0 Å². The first kappa shape index (κ1) is 22.6. The number of methoxy groups -OCH3 is 3. The number of ether oxygens (including phenoxy) is 3. The summed E-state index contributed by atoms with van der Waals surface area (Å²) in [6.45, 7) is 3.76. The number of unbranched alkanes of at least 4 members (excludes halogenated alkanes) is 12. The molecule has 0 saturated heterocycles. The molecule has 23 heavy (non-hydrogen) atoms. The Labute approximate surface area is 144 Å². The molecule has 0 radical (unpaired) electrons. The van der Waals surface area contributed by atoms with E-state index in [1.165, 1.54) is 77.0 Å². The molecule has 0 aliphatic carbocycles. The lowest BCUT2D eigenvalue weighted by Crippen LogP contribution is -2.35. The van der Waals surface area contributed by atoms with Crippen LogP contribution in [0, 0.1) is 0 Å². The number of hydrogen-bond acceptors (Lipinski definition) is 3. The molecule has 3 heteroatoms. The van der Waals surface area contributed by atoms with Gasteiger partial charge in [-0.05, 0) is 19.3 Å². The predicted octanol–water partition coefficient (Wildman–Crippen LogP) is 6.23. The summed E-state index contributed by atoms with van der Waals surface area (Å²) < 4.78 is 15.9. The minimum absolute atomic E-state index is 0.794. The molecule has 0 amide bonds. The molecule has 0 fully saturated rings. The van der Waals surface area contributed by atoms with E-state index in [2.05, 4.69) is 6.58 Å². The molecule has 0 bridgehead atoms. The third-order valence-corrected chi connectivity index (χ3v) is 4.57. The SMILES string of the molecule is C=CCCCCCCCCCCCCCCC(OC)(OC)OC. The second kappa shape index (κ2) is 16.5. The fourth-order valence-corrected chi connectivity index (χ4v) is 2.95. The summed E-state index contributed by atoms with van der Waals surface area (Å²) in [5.74, 6) is -0.842. The molecule has 0 aliphatic rings. The number of allylic oxidation sites excluding steroid dienone is 1. The Hall–Kier alpha value is -0.380. The average Bonchev–Trinajstić information content (AvgIpc) is 2.59. The number of hydrogen-bond donors (Lipinski definition) is 0. The molecule has 0 rings (SSSR count). The van der Waals surface area contributed by atoms with Crippen molar-refractivity contribution in [2.75, 3.05) is 21.3 Å². The van der Waals surface area contributed by atoms with Crippen LogP contribution in [-0.4, -0.2) is 27.3 Å². The lowest BCUT2D eigenvalue weighted by Gasteiger charge is -2.28. The molecular formula is C20H40O3. The predicted molar refractivity (Wildman–Crippen MR) is 98.6 cm³/mol. The third kappa shape index (κ3) is 12.7. The third-order valence-electron chi connectivity index (χ3n) is 4.57. The van der Waals surface area contributed by atoms with Crippen molar-refractivity contribution in [3.63, 3.8) is 0 Å². The maximum absolute atomic E-state index is 5.30. The van der Waals surface area contributed by atoms with Gasteiger partial charge in [0.15, 0.2) is 0 Å². The highest BCUT2D eigenvalue weighted by atomic mass is 16.9. The van der Waals surface area contributed by atoms with Crippen LogP contribution in [0.4, 0.5) is 0 Å². The van der Waals surface area contributed by atoms with Gasteiger partial charge < -0.3 is 14.2 Å². The van der Waals surface area contributed by atoms with E-state index in [1.54, 1.807) is 21.3 Å². The maximum atomic E-state index is 5.30. The zero-order chi connectivity index (χ0) is 17.2. The van der Waals surface area contributed by atoms with Crippen molar-refractivity contribution in [1.29, 1.82) is 0 Å². The molecule has 0 spiro atoms. The minimum Gasteiger partial charge on any atom is -0.331 e. The average molecular weight is 329 g/mol. The van der Waals surface area contributed by atoms with Crippen LogP contribution < -0.4 is 0 Å². The van der Waals surface area contributed by atoms with Gasteiger partial charge in [0, 0.05) is 27.8 Å². The van der Waals surface area contributed by atoms with E-state index >= 15 is 0 Å². The summed E-state index contributed by atoms with van der Waals surface area (Å²) in [7, 11) is 4.89. The van der Waals surface area contributed by atoms with Gasteiger partial charge >= 0.3 is 0 Å². The number of rotatable bonds is 18. The van der Waals surface area contributed by atoms with Crippen LogP contribution in [0.1, 0.15) is 89.9 Å². The molecule has 0 atom stereocenters. The highest BCUT2D eigenvalue weighted by Gasteiger charge is 2.28. The lowest BCUT2D eigenvalue weighted by molar-refractivity contribution is -0.355. The first-order valence-electron chi connectivity index (χ1n) is 9.51. The summed E-state index contributed by atoms with van der Waals surface area (Å²) in [5.41, 5.74) is 0. The summed E-state index contributed by atoms with van der Waals surface area (Å²) in [5, 5.41) is 0. The molecule has 3 nitrogen and oxygen atoms in total. The van der Waals surface area contributed by atoms with Gasteiger partial charge in [0.25, 0.3) is 5.97 Å². The Morgan fingerprint density at radius 3 is 1.30 bits per heavy atom. The molecule has 138 valence electrons. The van der Waals surface area contributed by atoms with Crippen molar-refractivity contribution < 1.29 is 14.2 Å². The Balaban J connectivity index is 3.26. The van der Waals surface area contributed by atoms with E-state index in [4.69, 9.17) is 14.2 Å². The Morgan fingerprint density at radius 2 is 0.957 bits per heavy atom. The topological polar surface area (TPSA) is 27.7 Å². The van der Waals surface area contributed by atoms with E-state index in [0.29, 0.717) is 0 Å². The summed E-state index contributed by atoms with van der Waals surface area (Å²) in [6, 6.07) is 0. The van der Waals surface area contributed by atoms with Crippen LogP contribution in [0.2, 0.25) is 0 Å². The lowest BCUT2D eigenvalue weighted by atomic mass is 10.0. The molecule has 0 N–H and O–H groups in total. The summed E-state index contributed by atoms with van der Waals surface area (Å²) in [4.78, 5) is 0. The second-order valence-electron chi connectivity index (χ2n) is 6.37. The molecule has 0 aliphatic heterocycles. The van der Waals surface area contributed by atoms with Crippen molar-refractivity contribution in [3.8, 4) is 0 Å². The standard InChI is InChI=1S/C20H40O3/c1-5-6-7-8-9-10-11-12-13-14-15-16-17-18-19-20(21-2,22-3)23-4/h5H,1,6-19H2,2-4H3. The first-order chi connectivity index (χ1) is 11.2. The van der Waals surface area contributed by atoms with Crippen LogP contribution >= 0.6 is 0 Å². The van der Waals surface area contributed by atoms with E-state index in [1.807, 2.05) is 6.08 Å². The fourth-order valence-electron chi connectivity index (χ4n) is 2.95.